The van der Waals surface area contributed by atoms with E-state index in [0.29, 0.717) is 0 Å². The van der Waals surface area contributed by atoms with E-state index in [0.717, 1.165) is 24.3 Å². The zero-order valence-electron chi connectivity index (χ0n) is 14.8. The SMILES string of the molecule is CCCC(C)(C)COc1ccc(C(C)(C)C(C)(C)O)cc1. The summed E-state index contributed by atoms with van der Waals surface area (Å²) in [6.45, 7) is 15.2. The molecule has 2 nitrogen and oxygen atoms in total. The van der Waals surface area contributed by atoms with Gasteiger partial charge in [-0.15, -0.1) is 0 Å². The topological polar surface area (TPSA) is 29.5 Å². The molecule has 0 heterocycles. The molecule has 21 heavy (non-hydrogen) atoms. The molecule has 0 unspecified atom stereocenters. The molecule has 0 saturated heterocycles. The summed E-state index contributed by atoms with van der Waals surface area (Å²) in [5, 5.41) is 10.3. The third-order valence-electron chi connectivity index (χ3n) is 4.66. The van der Waals surface area contributed by atoms with Crippen LogP contribution >= 0.6 is 0 Å². The van der Waals surface area contributed by atoms with E-state index in [4.69, 9.17) is 4.74 Å². The number of aliphatic hydroxyl groups is 1. The lowest BCUT2D eigenvalue weighted by atomic mass is 9.72. The Kier molecular flexibility index (Phi) is 5.49. The van der Waals surface area contributed by atoms with E-state index >= 15 is 0 Å². The molecule has 1 aromatic rings. The van der Waals surface area contributed by atoms with Gasteiger partial charge < -0.3 is 9.84 Å². The van der Waals surface area contributed by atoms with Crippen molar-refractivity contribution in [2.75, 3.05) is 6.61 Å². The molecule has 0 radical (unpaired) electrons. The van der Waals surface area contributed by atoms with Crippen LogP contribution in [0.15, 0.2) is 24.3 Å². The van der Waals surface area contributed by atoms with Gasteiger partial charge in [0.15, 0.2) is 0 Å². The first kappa shape index (κ1) is 18.0. The van der Waals surface area contributed by atoms with Crippen molar-refractivity contribution in [1.82, 2.24) is 0 Å². The maximum absolute atomic E-state index is 10.3. The van der Waals surface area contributed by atoms with Crippen molar-refractivity contribution in [3.05, 3.63) is 29.8 Å². The average molecular weight is 292 g/mol. The first-order valence-electron chi connectivity index (χ1n) is 7.95. The Morgan fingerprint density at radius 1 is 0.952 bits per heavy atom. The van der Waals surface area contributed by atoms with Crippen LogP contribution in [-0.4, -0.2) is 17.3 Å². The summed E-state index contributed by atoms with van der Waals surface area (Å²) in [4.78, 5) is 0. The van der Waals surface area contributed by atoms with Crippen molar-refractivity contribution in [3.63, 3.8) is 0 Å². The highest BCUT2D eigenvalue weighted by Gasteiger charge is 2.36. The van der Waals surface area contributed by atoms with E-state index in [-0.39, 0.29) is 10.8 Å². The van der Waals surface area contributed by atoms with Crippen LogP contribution in [0.25, 0.3) is 0 Å². The minimum Gasteiger partial charge on any atom is -0.493 e. The van der Waals surface area contributed by atoms with Gasteiger partial charge in [0.2, 0.25) is 0 Å². The van der Waals surface area contributed by atoms with Gasteiger partial charge in [-0.2, -0.15) is 0 Å². The minimum absolute atomic E-state index is 0.208. The van der Waals surface area contributed by atoms with Crippen molar-refractivity contribution >= 4 is 0 Å². The summed E-state index contributed by atoms with van der Waals surface area (Å²) in [6.07, 6.45) is 2.34. The van der Waals surface area contributed by atoms with Gasteiger partial charge in [-0.3, -0.25) is 0 Å². The molecule has 0 aliphatic heterocycles. The fourth-order valence-corrected chi connectivity index (χ4v) is 2.35. The summed E-state index contributed by atoms with van der Waals surface area (Å²) < 4.78 is 5.91. The van der Waals surface area contributed by atoms with E-state index in [1.54, 1.807) is 0 Å². The quantitative estimate of drug-likeness (QED) is 0.771. The lowest BCUT2D eigenvalue weighted by molar-refractivity contribution is 0.00960. The van der Waals surface area contributed by atoms with E-state index in [2.05, 4.69) is 46.8 Å². The first-order valence-corrected chi connectivity index (χ1v) is 7.95. The molecule has 0 aromatic heterocycles. The normalized spacial score (nSPS) is 13.3. The Morgan fingerprint density at radius 2 is 1.48 bits per heavy atom. The van der Waals surface area contributed by atoms with Gasteiger partial charge in [-0.25, -0.2) is 0 Å². The Bertz CT molecular complexity index is 436. The Morgan fingerprint density at radius 3 is 1.90 bits per heavy atom. The van der Waals surface area contributed by atoms with E-state index < -0.39 is 5.60 Å². The van der Waals surface area contributed by atoms with Crippen LogP contribution in [0.1, 0.15) is 66.9 Å². The maximum atomic E-state index is 10.3. The molecule has 0 saturated carbocycles. The number of rotatable bonds is 7. The Hall–Kier alpha value is -1.02. The van der Waals surface area contributed by atoms with Gasteiger partial charge in [0.25, 0.3) is 0 Å². The molecule has 0 fully saturated rings. The zero-order valence-corrected chi connectivity index (χ0v) is 14.8. The molecule has 0 bridgehead atoms. The first-order chi connectivity index (χ1) is 9.49. The average Bonchev–Trinajstić information content (AvgIpc) is 2.35. The fraction of sp³-hybridized carbons (Fsp3) is 0.684. The molecule has 0 aliphatic rings. The molecule has 1 aromatic carbocycles. The van der Waals surface area contributed by atoms with Crippen LogP contribution in [-0.2, 0) is 5.41 Å². The molecule has 2 heteroatoms. The van der Waals surface area contributed by atoms with Crippen molar-refractivity contribution in [1.29, 1.82) is 0 Å². The number of ether oxygens (including phenoxy) is 1. The second kappa shape index (κ2) is 6.39. The minimum atomic E-state index is -0.765. The third-order valence-corrected chi connectivity index (χ3v) is 4.66. The molecule has 0 aliphatic carbocycles. The summed E-state index contributed by atoms with van der Waals surface area (Å²) in [7, 11) is 0. The van der Waals surface area contributed by atoms with Crippen LogP contribution in [0.5, 0.6) is 5.75 Å². The highest BCUT2D eigenvalue weighted by Crippen LogP contribution is 2.35. The maximum Gasteiger partial charge on any atom is 0.119 e. The van der Waals surface area contributed by atoms with Gasteiger partial charge >= 0.3 is 0 Å². The van der Waals surface area contributed by atoms with Crippen LogP contribution in [0.3, 0.4) is 0 Å². The largest absolute Gasteiger partial charge is 0.493 e. The summed E-state index contributed by atoms with van der Waals surface area (Å²) in [6, 6.07) is 8.12. The van der Waals surface area contributed by atoms with E-state index in [9.17, 15) is 5.11 Å². The molecule has 120 valence electrons. The molecule has 1 N–H and O–H groups in total. The van der Waals surface area contributed by atoms with E-state index in [1.807, 2.05) is 26.0 Å². The van der Waals surface area contributed by atoms with Crippen molar-refractivity contribution in [3.8, 4) is 5.75 Å². The van der Waals surface area contributed by atoms with Crippen LogP contribution in [0.2, 0.25) is 0 Å². The van der Waals surface area contributed by atoms with Crippen LogP contribution in [0.4, 0.5) is 0 Å². The smallest absolute Gasteiger partial charge is 0.119 e. The molecule has 1 rings (SSSR count). The summed E-state index contributed by atoms with van der Waals surface area (Å²) in [5.74, 6) is 0.898. The second-order valence-electron chi connectivity index (χ2n) is 7.91. The van der Waals surface area contributed by atoms with Gasteiger partial charge in [-0.05, 0) is 43.4 Å². The predicted octanol–water partition coefficient (Wildman–Crippen LogP) is 4.94. The number of benzene rings is 1. The van der Waals surface area contributed by atoms with Gasteiger partial charge in [0.05, 0.1) is 12.2 Å². The van der Waals surface area contributed by atoms with Crippen molar-refractivity contribution in [2.24, 2.45) is 5.41 Å². The van der Waals surface area contributed by atoms with Gasteiger partial charge in [0, 0.05) is 5.41 Å². The lowest BCUT2D eigenvalue weighted by Crippen LogP contribution is -2.42. The molecular formula is C19H32O2. The number of hydrogen-bond donors (Lipinski definition) is 1. The molecule has 0 amide bonds. The fourth-order valence-electron chi connectivity index (χ4n) is 2.35. The predicted molar refractivity (Wildman–Crippen MR) is 89.9 cm³/mol. The van der Waals surface area contributed by atoms with Crippen molar-refractivity contribution in [2.45, 2.75) is 72.3 Å². The van der Waals surface area contributed by atoms with E-state index in [1.165, 1.54) is 6.42 Å². The summed E-state index contributed by atoms with van der Waals surface area (Å²) >= 11 is 0. The zero-order chi connectivity index (χ0) is 16.3. The Labute approximate surface area is 130 Å². The lowest BCUT2D eigenvalue weighted by Gasteiger charge is -2.37. The standard InChI is InChI=1S/C19H32O2/c1-8-13-17(2,3)14-21-16-11-9-15(10-12-16)18(4,5)19(6,7)20/h9-12,20H,8,13-14H2,1-7H3. The molecule has 0 atom stereocenters. The Balaban J connectivity index is 2.76. The third kappa shape index (κ3) is 4.74. The summed E-state index contributed by atoms with van der Waals surface area (Å²) in [5.41, 5.74) is 0.265. The molecule has 0 spiro atoms. The number of hydrogen-bond acceptors (Lipinski definition) is 2. The van der Waals surface area contributed by atoms with Gasteiger partial charge in [-0.1, -0.05) is 53.2 Å². The highest BCUT2D eigenvalue weighted by atomic mass is 16.5. The van der Waals surface area contributed by atoms with Crippen molar-refractivity contribution < 1.29 is 9.84 Å². The highest BCUT2D eigenvalue weighted by molar-refractivity contribution is 5.33. The van der Waals surface area contributed by atoms with Crippen LogP contribution < -0.4 is 4.74 Å². The monoisotopic (exact) mass is 292 g/mol. The van der Waals surface area contributed by atoms with Crippen LogP contribution in [0, 0.1) is 5.41 Å². The molecular weight excluding hydrogens is 260 g/mol. The van der Waals surface area contributed by atoms with Gasteiger partial charge in [0.1, 0.15) is 5.75 Å². The second-order valence-corrected chi connectivity index (χ2v) is 7.91.